The first kappa shape index (κ1) is 15.8. The molecule has 1 N–H and O–H groups in total. The number of piperidine rings is 1. The Morgan fingerprint density at radius 1 is 1.24 bits per heavy atom. The Morgan fingerprint density at radius 3 is 2.43 bits per heavy atom. The maximum atomic E-state index is 12.2. The molecule has 1 aromatic carbocycles. The Bertz CT molecular complexity index is 448. The number of hydrogen-bond acceptors (Lipinski definition) is 3. The number of amides is 1. The molecule has 2 unspecified atom stereocenters. The lowest BCUT2D eigenvalue weighted by molar-refractivity contribution is -0.118. The van der Waals surface area contributed by atoms with E-state index < -0.39 is 0 Å². The minimum atomic E-state index is 0.0553. The Morgan fingerprint density at radius 2 is 1.86 bits per heavy atom. The highest BCUT2D eigenvalue weighted by atomic mass is 16.5. The summed E-state index contributed by atoms with van der Waals surface area (Å²) in [4.78, 5) is 14.5. The van der Waals surface area contributed by atoms with E-state index >= 15 is 0 Å². The fraction of sp³-hybridized carbons (Fsp3) is 0.588. The van der Waals surface area contributed by atoms with Gasteiger partial charge in [-0.2, -0.15) is 0 Å². The minimum Gasteiger partial charge on any atom is -0.494 e. The molecule has 1 heterocycles. The van der Waals surface area contributed by atoms with E-state index in [9.17, 15) is 4.79 Å². The van der Waals surface area contributed by atoms with Crippen LogP contribution in [0.5, 0.6) is 5.75 Å². The lowest BCUT2D eigenvalue weighted by Crippen LogP contribution is -2.47. The van der Waals surface area contributed by atoms with Gasteiger partial charge in [-0.1, -0.05) is 6.42 Å². The van der Waals surface area contributed by atoms with Crippen molar-refractivity contribution in [3.05, 3.63) is 24.3 Å². The molecular formula is C17H26N2O2. The van der Waals surface area contributed by atoms with E-state index in [1.165, 1.54) is 19.3 Å². The predicted molar refractivity (Wildman–Crippen MR) is 85.7 cm³/mol. The van der Waals surface area contributed by atoms with E-state index in [-0.39, 0.29) is 5.91 Å². The highest BCUT2D eigenvalue weighted by Gasteiger charge is 2.26. The quantitative estimate of drug-likeness (QED) is 0.904. The molecule has 0 radical (unpaired) electrons. The second-order valence-corrected chi connectivity index (χ2v) is 5.81. The normalized spacial score (nSPS) is 22.8. The zero-order valence-corrected chi connectivity index (χ0v) is 13.3. The van der Waals surface area contributed by atoms with E-state index in [0.717, 1.165) is 11.4 Å². The molecule has 1 fully saturated rings. The van der Waals surface area contributed by atoms with Crippen LogP contribution >= 0.6 is 0 Å². The number of likely N-dealkylation sites (tertiary alicyclic amines) is 1. The molecule has 4 heteroatoms. The van der Waals surface area contributed by atoms with Gasteiger partial charge in [-0.25, -0.2) is 0 Å². The van der Waals surface area contributed by atoms with Gasteiger partial charge in [0.2, 0.25) is 5.91 Å². The number of carbonyl (C=O) groups is 1. The summed E-state index contributed by atoms with van der Waals surface area (Å²) in [5.74, 6) is 0.883. The van der Waals surface area contributed by atoms with Crippen molar-refractivity contribution in [2.75, 3.05) is 18.5 Å². The second kappa shape index (κ2) is 7.46. The first-order valence-corrected chi connectivity index (χ1v) is 7.88. The molecule has 116 valence electrons. The summed E-state index contributed by atoms with van der Waals surface area (Å²) in [6.07, 6.45) is 3.63. The van der Waals surface area contributed by atoms with Crippen LogP contribution in [0, 0.1) is 0 Å². The van der Waals surface area contributed by atoms with E-state index in [2.05, 4.69) is 24.1 Å². The number of carbonyl (C=O) groups excluding carboxylic acids is 1. The van der Waals surface area contributed by atoms with E-state index in [0.29, 0.717) is 25.2 Å². The van der Waals surface area contributed by atoms with Crippen LogP contribution in [0.15, 0.2) is 24.3 Å². The topological polar surface area (TPSA) is 41.6 Å². The summed E-state index contributed by atoms with van der Waals surface area (Å²) in [5, 5.41) is 2.96. The average molecular weight is 290 g/mol. The summed E-state index contributed by atoms with van der Waals surface area (Å²) < 4.78 is 5.39. The lowest BCUT2D eigenvalue weighted by atomic mass is 9.97. The van der Waals surface area contributed by atoms with Crippen LogP contribution in [-0.2, 0) is 4.79 Å². The summed E-state index contributed by atoms with van der Waals surface area (Å²) in [5.41, 5.74) is 0.820. The fourth-order valence-corrected chi connectivity index (χ4v) is 2.95. The molecule has 0 spiro atoms. The zero-order valence-electron chi connectivity index (χ0n) is 13.3. The van der Waals surface area contributed by atoms with Crippen LogP contribution in [-0.4, -0.2) is 36.0 Å². The number of nitrogens with zero attached hydrogens (tertiary/aromatic N) is 1. The third-order valence-electron chi connectivity index (χ3n) is 4.15. The Balaban J connectivity index is 1.88. The molecule has 1 aromatic rings. The smallest absolute Gasteiger partial charge is 0.238 e. The Hall–Kier alpha value is -1.55. The standard InChI is InChI=1S/C17H26N2O2/c1-4-21-16-10-8-15(9-11-16)18-17(20)12-19-13(2)6-5-7-14(19)3/h8-11,13-14H,4-7,12H2,1-3H3,(H,18,20). The van der Waals surface area contributed by atoms with Crippen molar-refractivity contribution in [2.24, 2.45) is 0 Å². The minimum absolute atomic E-state index is 0.0553. The van der Waals surface area contributed by atoms with Crippen molar-refractivity contribution in [3.8, 4) is 5.75 Å². The van der Waals surface area contributed by atoms with Crippen LogP contribution in [0.3, 0.4) is 0 Å². The van der Waals surface area contributed by atoms with Gasteiger partial charge >= 0.3 is 0 Å². The first-order valence-electron chi connectivity index (χ1n) is 7.88. The van der Waals surface area contributed by atoms with Gasteiger partial charge in [0, 0.05) is 17.8 Å². The second-order valence-electron chi connectivity index (χ2n) is 5.81. The molecule has 2 rings (SSSR count). The molecule has 0 aliphatic carbocycles. The summed E-state index contributed by atoms with van der Waals surface area (Å²) in [6, 6.07) is 8.49. The number of anilines is 1. The third kappa shape index (κ3) is 4.46. The van der Waals surface area contributed by atoms with Gasteiger partial charge in [-0.3, -0.25) is 9.69 Å². The summed E-state index contributed by atoms with van der Waals surface area (Å²) >= 11 is 0. The largest absolute Gasteiger partial charge is 0.494 e. The molecule has 0 aromatic heterocycles. The number of nitrogens with one attached hydrogen (secondary N) is 1. The van der Waals surface area contributed by atoms with Gasteiger partial charge in [-0.05, 0) is 57.9 Å². The summed E-state index contributed by atoms with van der Waals surface area (Å²) in [7, 11) is 0. The maximum absolute atomic E-state index is 12.2. The third-order valence-corrected chi connectivity index (χ3v) is 4.15. The highest BCUT2D eigenvalue weighted by Crippen LogP contribution is 2.22. The lowest BCUT2D eigenvalue weighted by Gasteiger charge is -2.38. The molecule has 0 saturated carbocycles. The van der Waals surface area contributed by atoms with Crippen LogP contribution in [0.1, 0.15) is 40.0 Å². The van der Waals surface area contributed by atoms with Crippen molar-refractivity contribution in [2.45, 2.75) is 52.1 Å². The Kier molecular flexibility index (Phi) is 5.62. The molecule has 2 atom stereocenters. The van der Waals surface area contributed by atoms with Gasteiger partial charge in [0.05, 0.1) is 13.2 Å². The van der Waals surface area contributed by atoms with Crippen molar-refractivity contribution in [3.63, 3.8) is 0 Å². The van der Waals surface area contributed by atoms with Gasteiger partial charge in [0.15, 0.2) is 0 Å². The molecule has 1 saturated heterocycles. The molecule has 1 amide bonds. The first-order chi connectivity index (χ1) is 10.1. The highest BCUT2D eigenvalue weighted by molar-refractivity contribution is 5.92. The van der Waals surface area contributed by atoms with Crippen molar-refractivity contribution < 1.29 is 9.53 Å². The number of ether oxygens (including phenoxy) is 1. The van der Waals surface area contributed by atoms with Crippen molar-refractivity contribution >= 4 is 11.6 Å². The average Bonchev–Trinajstić information content (AvgIpc) is 2.45. The molecule has 4 nitrogen and oxygen atoms in total. The molecule has 21 heavy (non-hydrogen) atoms. The molecular weight excluding hydrogens is 264 g/mol. The van der Waals surface area contributed by atoms with E-state index in [1.807, 2.05) is 31.2 Å². The number of hydrogen-bond donors (Lipinski definition) is 1. The Labute approximate surface area is 127 Å². The monoisotopic (exact) mass is 290 g/mol. The SMILES string of the molecule is CCOc1ccc(NC(=O)CN2C(C)CCCC2C)cc1. The van der Waals surface area contributed by atoms with Gasteiger partial charge in [0.25, 0.3) is 0 Å². The molecule has 1 aliphatic rings. The zero-order chi connectivity index (χ0) is 15.2. The van der Waals surface area contributed by atoms with Gasteiger partial charge in [0.1, 0.15) is 5.75 Å². The predicted octanol–water partition coefficient (Wildman–Crippen LogP) is 3.29. The van der Waals surface area contributed by atoms with Gasteiger partial charge < -0.3 is 10.1 Å². The van der Waals surface area contributed by atoms with Crippen LogP contribution in [0.2, 0.25) is 0 Å². The van der Waals surface area contributed by atoms with Crippen LogP contribution in [0.25, 0.3) is 0 Å². The maximum Gasteiger partial charge on any atom is 0.238 e. The number of benzene rings is 1. The molecule has 1 aliphatic heterocycles. The van der Waals surface area contributed by atoms with Crippen molar-refractivity contribution in [1.82, 2.24) is 4.90 Å². The van der Waals surface area contributed by atoms with Gasteiger partial charge in [-0.15, -0.1) is 0 Å². The molecule has 0 bridgehead atoms. The van der Waals surface area contributed by atoms with E-state index in [1.54, 1.807) is 0 Å². The fourth-order valence-electron chi connectivity index (χ4n) is 2.95. The van der Waals surface area contributed by atoms with Crippen LogP contribution in [0.4, 0.5) is 5.69 Å². The van der Waals surface area contributed by atoms with E-state index in [4.69, 9.17) is 4.74 Å². The van der Waals surface area contributed by atoms with Crippen LogP contribution < -0.4 is 10.1 Å². The van der Waals surface area contributed by atoms with Crippen molar-refractivity contribution in [1.29, 1.82) is 0 Å². The number of rotatable bonds is 5. The summed E-state index contributed by atoms with van der Waals surface area (Å²) in [6.45, 7) is 7.49.